The van der Waals surface area contributed by atoms with Crippen LogP contribution in [0.1, 0.15) is 40.5 Å². The van der Waals surface area contributed by atoms with Gasteiger partial charge in [0.25, 0.3) is 0 Å². The van der Waals surface area contributed by atoms with Gasteiger partial charge in [0.1, 0.15) is 17.5 Å². The second-order valence-electron chi connectivity index (χ2n) is 6.47. The first kappa shape index (κ1) is 15.6. The van der Waals surface area contributed by atoms with E-state index in [1.165, 1.54) is 0 Å². The van der Waals surface area contributed by atoms with Gasteiger partial charge in [-0.25, -0.2) is 4.79 Å². The Morgan fingerprint density at radius 2 is 2.00 bits per heavy atom. The number of aromatic nitrogens is 1. The molecule has 0 spiro atoms. The summed E-state index contributed by atoms with van der Waals surface area (Å²) in [6.07, 6.45) is 4.94. The molecule has 1 aliphatic heterocycles. The summed E-state index contributed by atoms with van der Waals surface area (Å²) in [5, 5.41) is 0. The molecule has 1 aromatic rings. The van der Waals surface area contributed by atoms with Crippen molar-refractivity contribution < 1.29 is 14.3 Å². The smallest absolute Gasteiger partial charge is 0.410 e. The van der Waals surface area contributed by atoms with Crippen LogP contribution in [0, 0.1) is 0 Å². The third-order valence-corrected chi connectivity index (χ3v) is 3.41. The Morgan fingerprint density at radius 3 is 2.57 bits per heavy atom. The van der Waals surface area contributed by atoms with Gasteiger partial charge in [0.15, 0.2) is 0 Å². The number of amides is 1. The van der Waals surface area contributed by atoms with Gasteiger partial charge in [0, 0.05) is 37.8 Å². The zero-order valence-corrected chi connectivity index (χ0v) is 13.2. The predicted molar refractivity (Wildman–Crippen MR) is 80.3 cm³/mol. The molecule has 0 N–H and O–H groups in total. The molecule has 0 unspecified atom stereocenters. The summed E-state index contributed by atoms with van der Waals surface area (Å²) in [5.41, 5.74) is -0.457. The number of hydrogen-bond donors (Lipinski definition) is 0. The lowest BCUT2D eigenvalue weighted by molar-refractivity contribution is -0.00103. The van der Waals surface area contributed by atoms with E-state index in [0.29, 0.717) is 6.54 Å². The zero-order valence-electron chi connectivity index (χ0n) is 13.2. The Hall–Kier alpha value is -1.78. The molecule has 1 fully saturated rings. The fourth-order valence-corrected chi connectivity index (χ4v) is 2.44. The van der Waals surface area contributed by atoms with Crippen LogP contribution in [-0.4, -0.2) is 40.3 Å². The summed E-state index contributed by atoms with van der Waals surface area (Å²) in [4.78, 5) is 17.9. The maximum absolute atomic E-state index is 12.1. The molecule has 0 saturated carbocycles. The fourth-order valence-electron chi connectivity index (χ4n) is 2.44. The van der Waals surface area contributed by atoms with E-state index in [2.05, 4.69) is 4.98 Å². The van der Waals surface area contributed by atoms with Crippen molar-refractivity contribution in [1.29, 1.82) is 0 Å². The Kier molecular flexibility index (Phi) is 4.70. The highest BCUT2D eigenvalue weighted by atomic mass is 16.6. The monoisotopic (exact) mass is 292 g/mol. The largest absolute Gasteiger partial charge is 0.490 e. The molecule has 116 valence electrons. The topological polar surface area (TPSA) is 51.7 Å². The number of rotatable bonds is 2. The van der Waals surface area contributed by atoms with E-state index in [1.54, 1.807) is 17.3 Å². The highest BCUT2D eigenvalue weighted by molar-refractivity contribution is 5.68. The van der Waals surface area contributed by atoms with Crippen molar-refractivity contribution in [3.8, 4) is 5.75 Å². The van der Waals surface area contributed by atoms with Crippen LogP contribution in [0.25, 0.3) is 0 Å². The second kappa shape index (κ2) is 6.33. The van der Waals surface area contributed by atoms with Crippen LogP contribution >= 0.6 is 0 Å². The van der Waals surface area contributed by atoms with Gasteiger partial charge in [-0.1, -0.05) is 0 Å². The molecule has 0 aromatic carbocycles. The number of carbonyl (C=O) groups excluding carboxylic acids is 1. The van der Waals surface area contributed by atoms with Crippen LogP contribution < -0.4 is 4.74 Å². The van der Waals surface area contributed by atoms with Crippen LogP contribution in [0.3, 0.4) is 0 Å². The van der Waals surface area contributed by atoms with Crippen LogP contribution in [0.2, 0.25) is 0 Å². The van der Waals surface area contributed by atoms with E-state index in [9.17, 15) is 4.79 Å². The van der Waals surface area contributed by atoms with Crippen molar-refractivity contribution in [3.05, 3.63) is 24.5 Å². The first-order valence-corrected chi connectivity index (χ1v) is 7.41. The lowest BCUT2D eigenvalue weighted by atomic mass is 10.0. The summed E-state index contributed by atoms with van der Waals surface area (Å²) in [6.45, 7) is 8.34. The minimum atomic E-state index is -0.457. The first-order chi connectivity index (χ1) is 9.85. The average Bonchev–Trinajstić information content (AvgIpc) is 2.37. The number of piperidine rings is 1. The lowest BCUT2D eigenvalue weighted by Crippen LogP contribution is -2.49. The Morgan fingerprint density at radius 1 is 1.33 bits per heavy atom. The van der Waals surface area contributed by atoms with Crippen LogP contribution in [0.5, 0.6) is 5.75 Å². The van der Waals surface area contributed by atoms with Gasteiger partial charge in [-0.3, -0.25) is 4.98 Å². The number of nitrogens with zero attached hydrogens (tertiary/aromatic N) is 2. The third-order valence-electron chi connectivity index (χ3n) is 3.41. The number of carbonyl (C=O) groups is 1. The van der Waals surface area contributed by atoms with Crippen molar-refractivity contribution in [2.24, 2.45) is 0 Å². The molecule has 0 aliphatic carbocycles. The van der Waals surface area contributed by atoms with E-state index < -0.39 is 5.60 Å². The average molecular weight is 292 g/mol. The van der Waals surface area contributed by atoms with E-state index >= 15 is 0 Å². The summed E-state index contributed by atoms with van der Waals surface area (Å²) in [7, 11) is 0. The van der Waals surface area contributed by atoms with Crippen molar-refractivity contribution in [1.82, 2.24) is 9.88 Å². The molecule has 1 aliphatic rings. The van der Waals surface area contributed by atoms with E-state index in [1.807, 2.05) is 39.8 Å². The Balaban J connectivity index is 1.89. The molecule has 21 heavy (non-hydrogen) atoms. The van der Waals surface area contributed by atoms with Crippen molar-refractivity contribution in [2.45, 2.75) is 58.3 Å². The fraction of sp³-hybridized carbons (Fsp3) is 0.625. The number of ether oxygens (including phenoxy) is 2. The van der Waals surface area contributed by atoms with Gasteiger partial charge < -0.3 is 14.4 Å². The summed E-state index contributed by atoms with van der Waals surface area (Å²) >= 11 is 0. The highest BCUT2D eigenvalue weighted by Gasteiger charge is 2.32. The van der Waals surface area contributed by atoms with Crippen molar-refractivity contribution in [2.75, 3.05) is 6.54 Å². The molecule has 1 aromatic heterocycles. The number of hydrogen-bond acceptors (Lipinski definition) is 4. The molecular weight excluding hydrogens is 268 g/mol. The van der Waals surface area contributed by atoms with Gasteiger partial charge in [0.05, 0.1) is 0 Å². The predicted octanol–water partition coefficient (Wildman–Crippen LogP) is 3.25. The molecular formula is C16H24N2O3. The number of likely N-dealkylation sites (tertiary alicyclic amines) is 1. The SMILES string of the molecule is C[C@H]1C[C@@H](Oc2ccncc2)CCN1C(=O)OC(C)(C)C. The van der Waals surface area contributed by atoms with E-state index in [4.69, 9.17) is 9.47 Å². The van der Waals surface area contributed by atoms with Crippen LogP contribution in [0.15, 0.2) is 24.5 Å². The minimum absolute atomic E-state index is 0.112. The maximum atomic E-state index is 12.1. The van der Waals surface area contributed by atoms with Gasteiger partial charge >= 0.3 is 6.09 Å². The maximum Gasteiger partial charge on any atom is 0.410 e. The quantitative estimate of drug-likeness (QED) is 0.839. The molecule has 2 atom stereocenters. The minimum Gasteiger partial charge on any atom is -0.490 e. The van der Waals surface area contributed by atoms with Gasteiger partial charge in [-0.05, 0) is 39.8 Å². The molecule has 5 heteroatoms. The molecule has 1 saturated heterocycles. The van der Waals surface area contributed by atoms with Crippen LogP contribution in [0.4, 0.5) is 4.79 Å². The van der Waals surface area contributed by atoms with Crippen LogP contribution in [-0.2, 0) is 4.74 Å². The molecule has 0 radical (unpaired) electrons. The standard InChI is InChI=1S/C16H24N2O3/c1-12-11-14(20-13-5-8-17-9-6-13)7-10-18(12)15(19)21-16(2,3)4/h5-6,8-9,12,14H,7,10-11H2,1-4H3/t12-,14-/m0/s1. The van der Waals surface area contributed by atoms with Crippen molar-refractivity contribution in [3.63, 3.8) is 0 Å². The highest BCUT2D eigenvalue weighted by Crippen LogP contribution is 2.24. The van der Waals surface area contributed by atoms with Gasteiger partial charge in [-0.15, -0.1) is 0 Å². The summed E-state index contributed by atoms with van der Waals surface area (Å²) in [5.74, 6) is 0.827. The van der Waals surface area contributed by atoms with Gasteiger partial charge in [0.2, 0.25) is 0 Å². The molecule has 2 heterocycles. The number of pyridine rings is 1. The van der Waals surface area contributed by atoms with E-state index in [-0.39, 0.29) is 18.2 Å². The summed E-state index contributed by atoms with van der Waals surface area (Å²) in [6, 6.07) is 3.82. The lowest BCUT2D eigenvalue weighted by Gasteiger charge is -2.38. The second-order valence-corrected chi connectivity index (χ2v) is 6.47. The summed E-state index contributed by atoms with van der Waals surface area (Å²) < 4.78 is 11.4. The van der Waals surface area contributed by atoms with E-state index in [0.717, 1.165) is 18.6 Å². The van der Waals surface area contributed by atoms with Crippen molar-refractivity contribution >= 4 is 6.09 Å². The first-order valence-electron chi connectivity index (χ1n) is 7.41. The Labute approximate surface area is 126 Å². The molecule has 2 rings (SSSR count). The Bertz CT molecular complexity index is 470. The molecule has 0 bridgehead atoms. The third kappa shape index (κ3) is 4.62. The molecule has 1 amide bonds. The van der Waals surface area contributed by atoms with Gasteiger partial charge in [-0.2, -0.15) is 0 Å². The zero-order chi connectivity index (χ0) is 15.5. The molecule has 5 nitrogen and oxygen atoms in total. The normalized spacial score (nSPS) is 22.8.